The molecule has 13 nitrogen and oxygen atoms in total. The van der Waals surface area contributed by atoms with Crippen LogP contribution in [0, 0.1) is 5.92 Å². The number of hydrogen-bond acceptors (Lipinski definition) is 8. The number of aromatic hydroxyl groups is 1. The van der Waals surface area contributed by atoms with Gasteiger partial charge in [0.2, 0.25) is 23.6 Å². The third-order valence-electron chi connectivity index (χ3n) is 5.67. The molecule has 0 aliphatic rings. The van der Waals surface area contributed by atoms with E-state index in [0.29, 0.717) is 19.4 Å². The Bertz CT molecular complexity index is 954. The molecule has 38 heavy (non-hydrogen) atoms. The van der Waals surface area contributed by atoms with Crippen molar-refractivity contribution in [2.45, 2.75) is 76.5 Å². The Labute approximate surface area is 221 Å². The van der Waals surface area contributed by atoms with Crippen molar-refractivity contribution in [3.8, 4) is 5.75 Å². The lowest BCUT2D eigenvalue weighted by Gasteiger charge is -2.26. The van der Waals surface area contributed by atoms with Crippen molar-refractivity contribution < 1.29 is 34.2 Å². The molecule has 11 N–H and O–H groups in total. The first-order valence-electron chi connectivity index (χ1n) is 12.5. The summed E-state index contributed by atoms with van der Waals surface area (Å²) in [6, 6.07) is 1.53. The number of aliphatic carboxylic acids is 1. The zero-order valence-electron chi connectivity index (χ0n) is 21.8. The maximum absolute atomic E-state index is 13.2. The van der Waals surface area contributed by atoms with Crippen molar-refractivity contribution in [1.82, 2.24) is 16.0 Å². The Morgan fingerprint density at radius 1 is 0.868 bits per heavy atom. The molecular weight excluding hydrogens is 496 g/mol. The second-order valence-corrected chi connectivity index (χ2v) is 9.58. The van der Waals surface area contributed by atoms with E-state index in [1.165, 1.54) is 12.1 Å². The smallest absolute Gasteiger partial charge is 0.326 e. The minimum absolute atomic E-state index is 0.00385. The number of carbonyl (C=O) groups is 5. The summed E-state index contributed by atoms with van der Waals surface area (Å²) >= 11 is 0. The quantitative estimate of drug-likeness (QED) is 0.112. The molecule has 0 aliphatic heterocycles. The molecule has 1 aromatic rings. The molecule has 0 aliphatic carbocycles. The molecule has 0 heterocycles. The van der Waals surface area contributed by atoms with Crippen molar-refractivity contribution in [3.05, 3.63) is 29.8 Å². The number of amides is 4. The summed E-state index contributed by atoms with van der Waals surface area (Å²) < 4.78 is 0. The third-order valence-corrected chi connectivity index (χ3v) is 5.67. The van der Waals surface area contributed by atoms with Gasteiger partial charge < -0.3 is 43.4 Å². The van der Waals surface area contributed by atoms with Gasteiger partial charge in [-0.05, 0) is 62.3 Å². The van der Waals surface area contributed by atoms with Crippen molar-refractivity contribution in [2.75, 3.05) is 6.54 Å². The molecule has 1 rings (SSSR count). The molecule has 0 fully saturated rings. The van der Waals surface area contributed by atoms with E-state index < -0.39 is 60.2 Å². The summed E-state index contributed by atoms with van der Waals surface area (Å²) in [5.74, 6) is -4.30. The van der Waals surface area contributed by atoms with E-state index in [9.17, 15) is 34.2 Å². The molecule has 0 saturated carbocycles. The Balaban J connectivity index is 2.98. The van der Waals surface area contributed by atoms with Crippen LogP contribution < -0.4 is 33.2 Å². The van der Waals surface area contributed by atoms with Crippen LogP contribution in [0.5, 0.6) is 5.75 Å². The van der Waals surface area contributed by atoms with E-state index in [4.69, 9.17) is 17.2 Å². The third kappa shape index (κ3) is 12.0. The molecule has 4 unspecified atom stereocenters. The van der Waals surface area contributed by atoms with Crippen LogP contribution in [0.1, 0.15) is 51.5 Å². The molecule has 13 heteroatoms. The zero-order valence-corrected chi connectivity index (χ0v) is 21.8. The largest absolute Gasteiger partial charge is 0.508 e. The van der Waals surface area contributed by atoms with Gasteiger partial charge in [0.05, 0.1) is 12.5 Å². The lowest BCUT2D eigenvalue weighted by Crippen LogP contribution is -2.57. The second kappa shape index (κ2) is 16.2. The van der Waals surface area contributed by atoms with Gasteiger partial charge >= 0.3 is 5.97 Å². The highest BCUT2D eigenvalue weighted by Gasteiger charge is 2.31. The van der Waals surface area contributed by atoms with Crippen molar-refractivity contribution in [3.63, 3.8) is 0 Å². The van der Waals surface area contributed by atoms with E-state index in [1.807, 2.05) is 13.8 Å². The Hall–Kier alpha value is -3.71. The van der Waals surface area contributed by atoms with Gasteiger partial charge in [-0.3, -0.25) is 19.2 Å². The molecular formula is C25H40N6O7. The number of carboxylic acid groups (broad SMARTS) is 1. The highest BCUT2D eigenvalue weighted by molar-refractivity contribution is 5.94. The van der Waals surface area contributed by atoms with Crippen LogP contribution >= 0.6 is 0 Å². The number of carbonyl (C=O) groups excluding carboxylic acids is 4. The number of phenolic OH excluding ortho intramolecular Hbond substituents is 1. The van der Waals surface area contributed by atoms with Crippen LogP contribution in [0.15, 0.2) is 24.3 Å². The van der Waals surface area contributed by atoms with Crippen LogP contribution in [-0.2, 0) is 30.4 Å². The number of nitrogens with one attached hydrogen (secondary N) is 3. The molecule has 0 saturated heterocycles. The number of nitrogens with two attached hydrogens (primary N) is 3. The predicted octanol–water partition coefficient (Wildman–Crippen LogP) is -1.15. The average Bonchev–Trinajstić information content (AvgIpc) is 2.83. The zero-order chi connectivity index (χ0) is 28.8. The highest BCUT2D eigenvalue weighted by atomic mass is 16.4. The number of rotatable bonds is 17. The molecule has 0 radical (unpaired) electrons. The van der Waals surface area contributed by atoms with E-state index in [-0.39, 0.29) is 30.9 Å². The maximum Gasteiger partial charge on any atom is 0.326 e. The number of unbranched alkanes of at least 4 members (excludes halogenated alkanes) is 1. The predicted molar refractivity (Wildman–Crippen MR) is 139 cm³/mol. The minimum atomic E-state index is -1.56. The standard InChI is InChI=1S/C25H40N6O7/c1-14(2)11-19(30-22(34)17(27)12-15-6-8-16(32)9-7-15)24(36)29-18(5-3-4-10-26)23(35)31-20(25(37)38)13-21(28)33/h6-9,14,17-20,32H,3-5,10-13,26-27H2,1-2H3,(H2,28,33)(H,29,36)(H,30,34)(H,31,35)(H,37,38). The summed E-state index contributed by atoms with van der Waals surface area (Å²) in [5, 5.41) is 26.2. The van der Waals surface area contributed by atoms with Crippen molar-refractivity contribution in [1.29, 1.82) is 0 Å². The molecule has 212 valence electrons. The van der Waals surface area contributed by atoms with E-state index in [2.05, 4.69) is 16.0 Å². The lowest BCUT2D eigenvalue weighted by atomic mass is 10.0. The van der Waals surface area contributed by atoms with Crippen LogP contribution in [0.25, 0.3) is 0 Å². The molecule has 4 amide bonds. The SMILES string of the molecule is CC(C)CC(NC(=O)C(N)Cc1ccc(O)cc1)C(=O)NC(CCCCN)C(=O)NC(CC(N)=O)C(=O)O. The number of hydrogen-bond donors (Lipinski definition) is 8. The molecule has 0 aromatic heterocycles. The number of carboxylic acids is 1. The normalized spacial score (nSPS) is 14.1. The van der Waals surface area contributed by atoms with Crippen molar-refractivity contribution >= 4 is 29.6 Å². The highest BCUT2D eigenvalue weighted by Crippen LogP contribution is 2.12. The first kappa shape index (κ1) is 32.3. The fourth-order valence-corrected chi connectivity index (χ4v) is 3.67. The average molecular weight is 537 g/mol. The summed E-state index contributed by atoms with van der Waals surface area (Å²) in [4.78, 5) is 61.5. The van der Waals surface area contributed by atoms with Gasteiger partial charge in [0, 0.05) is 0 Å². The van der Waals surface area contributed by atoms with Crippen LogP contribution in [-0.4, -0.2) is 70.5 Å². The fraction of sp³-hybridized carbons (Fsp3) is 0.560. The van der Waals surface area contributed by atoms with Gasteiger partial charge in [0.15, 0.2) is 0 Å². The molecule has 4 atom stereocenters. The fourth-order valence-electron chi connectivity index (χ4n) is 3.67. The van der Waals surface area contributed by atoms with Gasteiger partial charge in [0.1, 0.15) is 23.9 Å². The number of benzene rings is 1. The van der Waals surface area contributed by atoms with Crippen LogP contribution in [0.4, 0.5) is 0 Å². The number of primary amides is 1. The van der Waals surface area contributed by atoms with Crippen LogP contribution in [0.2, 0.25) is 0 Å². The van der Waals surface area contributed by atoms with Gasteiger partial charge in [-0.15, -0.1) is 0 Å². The Morgan fingerprint density at radius 3 is 1.95 bits per heavy atom. The monoisotopic (exact) mass is 536 g/mol. The van der Waals surface area contributed by atoms with E-state index in [1.54, 1.807) is 12.1 Å². The minimum Gasteiger partial charge on any atom is -0.508 e. The molecule has 0 spiro atoms. The second-order valence-electron chi connectivity index (χ2n) is 9.58. The topological polar surface area (TPSA) is 240 Å². The first-order chi connectivity index (χ1) is 17.8. The van der Waals surface area contributed by atoms with Gasteiger partial charge in [-0.2, -0.15) is 0 Å². The molecule has 1 aromatic carbocycles. The van der Waals surface area contributed by atoms with Gasteiger partial charge in [0.25, 0.3) is 0 Å². The summed E-state index contributed by atoms with van der Waals surface area (Å²) in [6.45, 7) is 4.07. The summed E-state index contributed by atoms with van der Waals surface area (Å²) in [6.07, 6.45) is 0.974. The van der Waals surface area contributed by atoms with Crippen molar-refractivity contribution in [2.24, 2.45) is 23.1 Å². The van der Waals surface area contributed by atoms with Gasteiger partial charge in [-0.25, -0.2) is 4.79 Å². The Morgan fingerprint density at radius 2 is 1.42 bits per heavy atom. The Kier molecular flexibility index (Phi) is 13.8. The van der Waals surface area contributed by atoms with E-state index in [0.717, 1.165) is 5.56 Å². The first-order valence-corrected chi connectivity index (χ1v) is 12.5. The lowest BCUT2D eigenvalue weighted by molar-refractivity contribution is -0.143. The summed E-state index contributed by atoms with van der Waals surface area (Å²) in [5.41, 5.74) is 17.4. The number of phenols is 1. The molecule has 0 bridgehead atoms. The van der Waals surface area contributed by atoms with Gasteiger partial charge in [-0.1, -0.05) is 26.0 Å². The summed E-state index contributed by atoms with van der Waals surface area (Å²) in [7, 11) is 0. The van der Waals surface area contributed by atoms with Crippen LogP contribution in [0.3, 0.4) is 0 Å². The maximum atomic E-state index is 13.2. The van der Waals surface area contributed by atoms with E-state index >= 15 is 0 Å².